The normalized spacial score (nSPS) is 30.0. The van der Waals surface area contributed by atoms with Crippen LogP contribution < -0.4 is 0 Å². The predicted molar refractivity (Wildman–Crippen MR) is 90.8 cm³/mol. The van der Waals surface area contributed by atoms with E-state index in [0.29, 0.717) is 5.78 Å². The van der Waals surface area contributed by atoms with Crippen LogP contribution in [-0.2, 0) is 4.79 Å². The maximum Gasteiger partial charge on any atom is 0.154 e. The van der Waals surface area contributed by atoms with E-state index >= 15 is 0 Å². The number of fused-ring (bicyclic) bond motifs is 3. The molecule has 3 fully saturated rings. The van der Waals surface area contributed by atoms with Crippen LogP contribution in [0.3, 0.4) is 0 Å². The second kappa shape index (κ2) is 6.62. The first-order valence-corrected chi connectivity index (χ1v) is 8.38. The third kappa shape index (κ3) is 2.68. The first-order chi connectivity index (χ1) is 10.8. The maximum atomic E-state index is 12.9. The van der Waals surface area contributed by atoms with Crippen LogP contribution in [0.5, 0.6) is 0 Å². The van der Waals surface area contributed by atoms with Crippen molar-refractivity contribution in [1.29, 1.82) is 0 Å². The fraction of sp³-hybridized carbons (Fsp3) is 0.450. The summed E-state index contributed by atoms with van der Waals surface area (Å²) in [5.74, 6) is 0.887. The van der Waals surface area contributed by atoms with Gasteiger partial charge in [0, 0.05) is 11.8 Å². The monoisotopic (exact) mass is 295 g/mol. The van der Waals surface area contributed by atoms with Gasteiger partial charge in [-0.3, -0.25) is 9.69 Å². The summed E-state index contributed by atoms with van der Waals surface area (Å²) in [5.41, 5.74) is 2.50. The zero-order chi connectivity index (χ0) is 15.5. The minimum absolute atomic E-state index is 0.0114. The molecule has 2 atom stereocenters. The van der Waals surface area contributed by atoms with E-state index in [9.17, 15) is 4.79 Å². The Morgan fingerprint density at radius 1 is 1.18 bits per heavy atom. The molecule has 3 heterocycles. The Morgan fingerprint density at radius 2 is 1.86 bits per heavy atom. The van der Waals surface area contributed by atoms with Gasteiger partial charge in [0.15, 0.2) is 5.78 Å². The molecule has 3 aliphatic heterocycles. The zero-order valence-electron chi connectivity index (χ0n) is 13.5. The standard InChI is InChI=1S/C20H25NO/c1-3-8-15(4-2)18(16-9-6-5-7-10-16)19-20(22)17-11-13-21(19)14-12-17/h3-10,17-19H,11-14H2,1-2H3/b8-3-,15-4+. The number of carbonyl (C=O) groups is 1. The van der Waals surface area contributed by atoms with Crippen LogP contribution in [0.2, 0.25) is 0 Å². The van der Waals surface area contributed by atoms with Crippen molar-refractivity contribution in [3.8, 4) is 0 Å². The van der Waals surface area contributed by atoms with Crippen molar-refractivity contribution >= 4 is 5.78 Å². The van der Waals surface area contributed by atoms with Gasteiger partial charge < -0.3 is 0 Å². The van der Waals surface area contributed by atoms with Crippen molar-refractivity contribution in [1.82, 2.24) is 4.90 Å². The number of piperidine rings is 3. The smallest absolute Gasteiger partial charge is 0.154 e. The third-order valence-corrected chi connectivity index (χ3v) is 5.14. The molecule has 3 aliphatic rings. The summed E-state index contributed by atoms with van der Waals surface area (Å²) in [4.78, 5) is 15.3. The van der Waals surface area contributed by atoms with Gasteiger partial charge in [0.2, 0.25) is 0 Å². The molecular weight excluding hydrogens is 270 g/mol. The third-order valence-electron chi connectivity index (χ3n) is 5.14. The highest BCUT2D eigenvalue weighted by atomic mass is 16.1. The molecule has 2 bridgehead atoms. The Hall–Kier alpha value is -1.67. The molecule has 116 valence electrons. The summed E-state index contributed by atoms with van der Waals surface area (Å²) in [6.07, 6.45) is 8.49. The highest BCUT2D eigenvalue weighted by Gasteiger charge is 2.45. The minimum Gasteiger partial charge on any atom is -0.298 e. The van der Waals surface area contributed by atoms with E-state index in [0.717, 1.165) is 25.9 Å². The Morgan fingerprint density at radius 3 is 2.41 bits per heavy atom. The van der Waals surface area contributed by atoms with Gasteiger partial charge >= 0.3 is 0 Å². The first-order valence-electron chi connectivity index (χ1n) is 8.38. The molecule has 0 amide bonds. The van der Waals surface area contributed by atoms with Gasteiger partial charge in [-0.05, 0) is 50.9 Å². The zero-order valence-corrected chi connectivity index (χ0v) is 13.5. The van der Waals surface area contributed by atoms with E-state index in [-0.39, 0.29) is 17.9 Å². The molecule has 3 saturated heterocycles. The lowest BCUT2D eigenvalue weighted by atomic mass is 9.72. The Kier molecular flexibility index (Phi) is 4.58. The van der Waals surface area contributed by atoms with Gasteiger partial charge in [0.05, 0.1) is 6.04 Å². The minimum atomic E-state index is 0.0114. The van der Waals surface area contributed by atoms with Crippen LogP contribution >= 0.6 is 0 Å². The van der Waals surface area contributed by atoms with Gasteiger partial charge in [0.25, 0.3) is 0 Å². The lowest BCUT2D eigenvalue weighted by Gasteiger charge is -2.47. The first kappa shape index (κ1) is 15.2. The highest BCUT2D eigenvalue weighted by Crippen LogP contribution is 2.40. The van der Waals surface area contributed by atoms with Crippen LogP contribution in [0.1, 0.15) is 38.2 Å². The molecule has 22 heavy (non-hydrogen) atoms. The lowest BCUT2D eigenvalue weighted by molar-refractivity contribution is -0.137. The molecule has 0 saturated carbocycles. The molecule has 1 aromatic rings. The van der Waals surface area contributed by atoms with Gasteiger partial charge in [-0.15, -0.1) is 0 Å². The molecule has 0 spiro atoms. The molecule has 0 radical (unpaired) electrons. The Balaban J connectivity index is 2.04. The number of nitrogens with zero attached hydrogens (tertiary/aromatic N) is 1. The van der Waals surface area contributed by atoms with E-state index < -0.39 is 0 Å². The number of allylic oxidation sites excluding steroid dienone is 3. The van der Waals surface area contributed by atoms with Crippen LogP contribution in [0.4, 0.5) is 0 Å². The average molecular weight is 295 g/mol. The van der Waals surface area contributed by atoms with Crippen molar-refractivity contribution in [3.63, 3.8) is 0 Å². The largest absolute Gasteiger partial charge is 0.298 e. The number of hydrogen-bond donors (Lipinski definition) is 0. The van der Waals surface area contributed by atoms with E-state index in [1.165, 1.54) is 11.1 Å². The molecule has 2 nitrogen and oxygen atoms in total. The van der Waals surface area contributed by atoms with Crippen molar-refractivity contribution in [2.24, 2.45) is 5.92 Å². The average Bonchev–Trinajstić information content (AvgIpc) is 2.58. The number of rotatable bonds is 4. The quantitative estimate of drug-likeness (QED) is 0.784. The van der Waals surface area contributed by atoms with Crippen molar-refractivity contribution in [2.75, 3.05) is 13.1 Å². The Labute approximate surface area is 133 Å². The van der Waals surface area contributed by atoms with Crippen LogP contribution in [0, 0.1) is 5.92 Å². The second-order valence-corrected chi connectivity index (χ2v) is 6.33. The molecule has 0 aliphatic carbocycles. The summed E-state index contributed by atoms with van der Waals surface area (Å²) < 4.78 is 0. The number of ketones is 1. The van der Waals surface area contributed by atoms with E-state index in [1.807, 2.05) is 13.0 Å². The lowest BCUT2D eigenvalue weighted by Crippen LogP contribution is -2.57. The number of Topliss-reactive ketones (excluding diaryl/α,β-unsaturated/α-hetero) is 1. The highest BCUT2D eigenvalue weighted by molar-refractivity contribution is 5.89. The SMILES string of the molecule is C/C=C\C(=C/C)C(c1ccccc1)C1C(=O)C2CCN1CC2. The number of carbonyl (C=O) groups excluding carboxylic acids is 1. The van der Waals surface area contributed by atoms with Gasteiger partial charge in [0.1, 0.15) is 0 Å². The molecular formula is C20H25NO. The van der Waals surface area contributed by atoms with Crippen LogP contribution in [0.25, 0.3) is 0 Å². The van der Waals surface area contributed by atoms with Crippen molar-refractivity contribution in [3.05, 3.63) is 59.7 Å². The second-order valence-electron chi connectivity index (χ2n) is 6.33. The van der Waals surface area contributed by atoms with Gasteiger partial charge in [-0.1, -0.05) is 48.6 Å². The molecule has 1 aromatic carbocycles. The summed E-state index contributed by atoms with van der Waals surface area (Å²) in [7, 11) is 0. The Bertz CT molecular complexity index is 579. The maximum absolute atomic E-state index is 12.9. The predicted octanol–water partition coefficient (Wildman–Crippen LogP) is 3.96. The summed E-state index contributed by atoms with van der Waals surface area (Å²) >= 11 is 0. The van der Waals surface area contributed by atoms with Gasteiger partial charge in [-0.2, -0.15) is 0 Å². The molecule has 2 heteroatoms. The summed E-state index contributed by atoms with van der Waals surface area (Å²) in [6.45, 7) is 6.25. The fourth-order valence-electron chi connectivity index (χ4n) is 4.05. The summed E-state index contributed by atoms with van der Waals surface area (Å²) in [6, 6.07) is 10.5. The molecule has 2 unspecified atom stereocenters. The van der Waals surface area contributed by atoms with E-state index in [4.69, 9.17) is 0 Å². The van der Waals surface area contributed by atoms with Crippen LogP contribution in [-0.4, -0.2) is 29.8 Å². The fourth-order valence-corrected chi connectivity index (χ4v) is 4.05. The van der Waals surface area contributed by atoms with Crippen molar-refractivity contribution < 1.29 is 4.79 Å². The van der Waals surface area contributed by atoms with E-state index in [1.54, 1.807) is 0 Å². The summed E-state index contributed by atoms with van der Waals surface area (Å²) in [5, 5.41) is 0. The molecule has 4 rings (SSSR count). The van der Waals surface area contributed by atoms with Crippen LogP contribution in [0.15, 0.2) is 54.1 Å². The number of benzene rings is 1. The van der Waals surface area contributed by atoms with E-state index in [2.05, 4.69) is 54.3 Å². The topological polar surface area (TPSA) is 20.3 Å². The van der Waals surface area contributed by atoms with Crippen molar-refractivity contribution in [2.45, 2.75) is 38.6 Å². The molecule has 0 aromatic heterocycles. The molecule has 0 N–H and O–H groups in total. The number of hydrogen-bond acceptors (Lipinski definition) is 2. The van der Waals surface area contributed by atoms with Gasteiger partial charge in [-0.25, -0.2) is 0 Å².